The van der Waals surface area contributed by atoms with E-state index >= 15 is 0 Å². The van der Waals surface area contributed by atoms with Gasteiger partial charge in [-0.3, -0.25) is 0 Å². The van der Waals surface area contributed by atoms with Gasteiger partial charge in [0.1, 0.15) is 0 Å². The third kappa shape index (κ3) is 10.2. The van der Waals surface area contributed by atoms with Crippen LogP contribution in [0.5, 0.6) is 0 Å². The summed E-state index contributed by atoms with van der Waals surface area (Å²) in [7, 11) is 0.00412. The summed E-state index contributed by atoms with van der Waals surface area (Å²) >= 11 is 0. The Labute approximate surface area is 232 Å². The van der Waals surface area contributed by atoms with Gasteiger partial charge < -0.3 is 14.9 Å². The van der Waals surface area contributed by atoms with E-state index in [0.29, 0.717) is 10.3 Å². The van der Waals surface area contributed by atoms with E-state index in [1.807, 2.05) is 0 Å². The molecule has 2 saturated carbocycles. The van der Waals surface area contributed by atoms with Gasteiger partial charge in [-0.2, -0.15) is 0 Å². The van der Waals surface area contributed by atoms with Crippen molar-refractivity contribution < 1.29 is 17.1 Å². The first-order chi connectivity index (χ1) is 15.2. The monoisotopic (exact) mass is 554 g/mol. The number of hydrogen-bond acceptors (Lipinski definition) is 0. The molecule has 0 unspecified atom stereocenters. The number of rotatable bonds is 4. The largest absolute Gasteiger partial charge is 2.00 e. The molecule has 0 N–H and O–H groups in total. The van der Waals surface area contributed by atoms with Gasteiger partial charge in [0.05, 0.1) is 0 Å². The van der Waals surface area contributed by atoms with Crippen LogP contribution in [0.15, 0.2) is 60.7 Å². The maximum atomic E-state index is 2.45. The van der Waals surface area contributed by atoms with Crippen LogP contribution >= 0.6 is 15.8 Å². The van der Waals surface area contributed by atoms with E-state index in [-0.39, 0.29) is 47.8 Å². The molecule has 0 radical (unpaired) electrons. The first-order valence-corrected chi connectivity index (χ1v) is 15.7. The molecule has 0 bridgehead atoms. The summed E-state index contributed by atoms with van der Waals surface area (Å²) in [6.45, 7) is 14.7. The molecule has 0 heterocycles. The Balaban J connectivity index is 0.000000627. The minimum absolute atomic E-state index is 0. The fourth-order valence-electron chi connectivity index (χ4n) is 6.17. The molecule has 2 aliphatic carbocycles. The van der Waals surface area contributed by atoms with Crippen molar-refractivity contribution in [2.24, 2.45) is 0 Å². The van der Waals surface area contributed by atoms with Gasteiger partial charge in [0.2, 0.25) is 0 Å². The van der Waals surface area contributed by atoms with E-state index in [0.717, 1.165) is 11.3 Å². The molecule has 0 atom stereocenters. The Kier molecular flexibility index (Phi) is 15.8. The molecule has 0 aliphatic heterocycles. The minimum atomic E-state index is -0.152. The SMILES string of the molecule is CC(C)(C)P(C1CCCC1)C(C)(C)C.[CH3-].[CH3-].[Fe+2].c1ccc(P(c2ccccc2)C2CCCC2)cc1. The van der Waals surface area contributed by atoms with Gasteiger partial charge in [0.25, 0.3) is 0 Å². The molecule has 2 aromatic carbocycles. The molecule has 0 saturated heterocycles. The van der Waals surface area contributed by atoms with E-state index in [2.05, 4.69) is 102 Å². The van der Waals surface area contributed by atoms with Crippen LogP contribution in [0.3, 0.4) is 0 Å². The van der Waals surface area contributed by atoms with Crippen LogP contribution in [0.4, 0.5) is 0 Å². The normalized spacial score (nSPS) is 16.7. The number of benzene rings is 2. The molecule has 198 valence electrons. The maximum Gasteiger partial charge on any atom is 2.00 e. The van der Waals surface area contributed by atoms with Crippen molar-refractivity contribution in [2.75, 3.05) is 0 Å². The van der Waals surface area contributed by atoms with Crippen LogP contribution < -0.4 is 10.6 Å². The third-order valence-electron chi connectivity index (χ3n) is 6.89. The smallest absolute Gasteiger partial charge is 0.358 e. The van der Waals surface area contributed by atoms with Crippen LogP contribution in [-0.2, 0) is 17.1 Å². The Morgan fingerprint density at radius 1 is 0.543 bits per heavy atom. The standard InChI is InChI=1S/C17H19P.C13H27P.2CH3.Fe/c1-3-9-15(10-4-1)18(17-13-7-8-14-17)16-11-5-2-6-12-16;1-12(2,3)14(13(4,5)6)11-9-7-8-10-11;;;/h1-6,9-12,17H,7-8,13-14H2;11H,7-10H2,1-6H3;2*1H3;/q;;2*-1;+2. The van der Waals surface area contributed by atoms with E-state index in [1.54, 1.807) is 10.6 Å². The topological polar surface area (TPSA) is 0 Å². The Bertz CT molecular complexity index is 726. The van der Waals surface area contributed by atoms with Gasteiger partial charge in [-0.1, -0.05) is 136 Å². The van der Waals surface area contributed by atoms with E-state index in [9.17, 15) is 0 Å². The summed E-state index contributed by atoms with van der Waals surface area (Å²) in [6, 6.07) is 22.2. The van der Waals surface area contributed by atoms with Crippen LogP contribution in [-0.4, -0.2) is 21.6 Å². The zero-order chi connectivity index (χ0) is 23.2. The predicted molar refractivity (Wildman–Crippen MR) is 163 cm³/mol. The molecule has 2 fully saturated rings. The second-order valence-electron chi connectivity index (χ2n) is 11.6. The molecule has 0 amide bonds. The van der Waals surface area contributed by atoms with Gasteiger partial charge >= 0.3 is 17.1 Å². The van der Waals surface area contributed by atoms with Crippen molar-refractivity contribution in [1.29, 1.82) is 0 Å². The second kappa shape index (κ2) is 15.9. The average molecular weight is 555 g/mol. The molecule has 4 rings (SSSR count). The fourth-order valence-corrected chi connectivity index (χ4v) is 14.3. The van der Waals surface area contributed by atoms with Crippen LogP contribution in [0, 0.1) is 14.9 Å². The van der Waals surface area contributed by atoms with Crippen molar-refractivity contribution in [1.82, 2.24) is 0 Å². The molecule has 2 aliphatic rings. The van der Waals surface area contributed by atoms with Crippen LogP contribution in [0.2, 0.25) is 0 Å². The molecule has 0 aromatic heterocycles. The van der Waals surface area contributed by atoms with Crippen molar-refractivity contribution in [2.45, 2.75) is 115 Å². The maximum absolute atomic E-state index is 2.45. The van der Waals surface area contributed by atoms with Crippen LogP contribution in [0.25, 0.3) is 0 Å². The average Bonchev–Trinajstić information content (AvgIpc) is 3.43. The molecule has 35 heavy (non-hydrogen) atoms. The van der Waals surface area contributed by atoms with Crippen molar-refractivity contribution in [3.8, 4) is 0 Å². The summed E-state index contributed by atoms with van der Waals surface area (Å²) in [4.78, 5) is 0. The Morgan fingerprint density at radius 2 is 0.857 bits per heavy atom. The Hall–Kier alpha value is -0.181. The molecular formula is C32H52FeP2. The summed E-state index contributed by atoms with van der Waals surface area (Å²) in [5, 5.41) is 4.15. The second-order valence-corrected chi connectivity index (χ2v) is 18.3. The molecule has 2 aromatic rings. The van der Waals surface area contributed by atoms with Crippen molar-refractivity contribution >= 4 is 26.5 Å². The summed E-state index contributed by atoms with van der Waals surface area (Å²) in [5.74, 6) is 0. The fraction of sp³-hybridized carbons (Fsp3) is 0.562. The summed E-state index contributed by atoms with van der Waals surface area (Å²) in [5.41, 5.74) is 1.94. The first-order valence-electron chi connectivity index (χ1n) is 12.9. The summed E-state index contributed by atoms with van der Waals surface area (Å²) in [6.07, 6.45) is 11.6. The molecule has 0 spiro atoms. The van der Waals surface area contributed by atoms with Gasteiger partial charge in [-0.05, 0) is 65.8 Å². The van der Waals surface area contributed by atoms with Gasteiger partial charge in [0.15, 0.2) is 0 Å². The Morgan fingerprint density at radius 3 is 1.17 bits per heavy atom. The van der Waals surface area contributed by atoms with E-state index in [4.69, 9.17) is 0 Å². The minimum Gasteiger partial charge on any atom is -0.358 e. The van der Waals surface area contributed by atoms with Gasteiger partial charge in [-0.15, -0.1) is 0 Å². The number of hydrogen-bond donors (Lipinski definition) is 0. The molecule has 0 nitrogen and oxygen atoms in total. The van der Waals surface area contributed by atoms with Crippen molar-refractivity contribution in [3.63, 3.8) is 0 Å². The quantitative estimate of drug-likeness (QED) is 0.200. The van der Waals surface area contributed by atoms with Crippen molar-refractivity contribution in [3.05, 3.63) is 75.5 Å². The first kappa shape index (κ1) is 34.8. The third-order valence-corrected chi connectivity index (χ3v) is 14.0. The van der Waals surface area contributed by atoms with E-state index in [1.165, 1.54) is 51.4 Å². The van der Waals surface area contributed by atoms with Crippen LogP contribution in [0.1, 0.15) is 92.9 Å². The summed E-state index contributed by atoms with van der Waals surface area (Å²) < 4.78 is 0. The van der Waals surface area contributed by atoms with Gasteiger partial charge in [-0.25, -0.2) is 0 Å². The zero-order valence-electron chi connectivity index (χ0n) is 23.8. The van der Waals surface area contributed by atoms with E-state index < -0.39 is 0 Å². The zero-order valence-corrected chi connectivity index (χ0v) is 26.7. The van der Waals surface area contributed by atoms with Gasteiger partial charge in [0, 0.05) is 0 Å². The molecular weight excluding hydrogens is 502 g/mol. The molecule has 3 heteroatoms. The predicted octanol–water partition coefficient (Wildman–Crippen LogP) is 9.97.